The third-order valence-electron chi connectivity index (χ3n) is 1.67. The van der Waals surface area contributed by atoms with E-state index in [-0.39, 0.29) is 6.07 Å². The predicted octanol–water partition coefficient (Wildman–Crippen LogP) is 5.08. The van der Waals surface area contributed by atoms with Gasteiger partial charge in [-0.1, -0.05) is 46.4 Å². The summed E-state index contributed by atoms with van der Waals surface area (Å²) in [5, 5.41) is 0. The highest BCUT2D eigenvalue weighted by molar-refractivity contribution is 6.47. The van der Waals surface area contributed by atoms with Crippen LogP contribution in [0.15, 0.2) is 12.1 Å². The minimum atomic E-state index is -3.15. The molecule has 0 unspecified atom stereocenters. The standard InChI is InChI=1S/C8H2Cl4F4/c9-7(10,15)3-1-4(8(11,12)16)6(14)2-5(3)13/h1-2H. The Labute approximate surface area is 108 Å². The molecule has 0 aliphatic carbocycles. The quantitative estimate of drug-likeness (QED) is 0.527. The third-order valence-corrected chi connectivity index (χ3v) is 2.48. The number of hydrogen-bond donors (Lipinski definition) is 0. The second kappa shape index (κ2) is 4.41. The van der Waals surface area contributed by atoms with Crippen molar-refractivity contribution in [3.8, 4) is 0 Å². The Kier molecular flexibility index (Phi) is 3.90. The maximum absolute atomic E-state index is 13.1. The van der Waals surface area contributed by atoms with Gasteiger partial charge in [0.2, 0.25) is 0 Å². The van der Waals surface area contributed by atoms with Gasteiger partial charge in [-0.3, -0.25) is 0 Å². The van der Waals surface area contributed by atoms with E-state index in [1.54, 1.807) is 0 Å². The molecule has 0 nitrogen and oxygen atoms in total. The molecule has 0 spiro atoms. The van der Waals surface area contributed by atoms with Gasteiger partial charge in [0.25, 0.3) is 9.17 Å². The summed E-state index contributed by atoms with van der Waals surface area (Å²) in [5.41, 5.74) is -1.95. The van der Waals surface area contributed by atoms with Gasteiger partial charge in [-0.25, -0.2) is 17.6 Å². The Balaban J connectivity index is 3.45. The molecular formula is C8H2Cl4F4. The first-order valence-corrected chi connectivity index (χ1v) is 5.18. The van der Waals surface area contributed by atoms with Crippen LogP contribution in [-0.4, -0.2) is 0 Å². The lowest BCUT2D eigenvalue weighted by Crippen LogP contribution is -2.12. The van der Waals surface area contributed by atoms with Crippen LogP contribution in [0.4, 0.5) is 17.6 Å². The molecule has 0 atom stereocenters. The first kappa shape index (κ1) is 14.2. The lowest BCUT2D eigenvalue weighted by molar-refractivity contribution is 0.373. The van der Waals surface area contributed by atoms with Gasteiger partial charge >= 0.3 is 0 Å². The van der Waals surface area contributed by atoms with Crippen LogP contribution >= 0.6 is 46.4 Å². The first-order chi connectivity index (χ1) is 7.03. The molecular weight excluding hydrogens is 314 g/mol. The zero-order valence-electron chi connectivity index (χ0n) is 7.18. The summed E-state index contributed by atoms with van der Waals surface area (Å²) < 4.78 is 45.9. The van der Waals surface area contributed by atoms with Gasteiger partial charge in [0.15, 0.2) is 0 Å². The number of alkyl halides is 6. The van der Waals surface area contributed by atoms with Crippen molar-refractivity contribution in [2.24, 2.45) is 0 Å². The average molecular weight is 316 g/mol. The van der Waals surface area contributed by atoms with Crippen LogP contribution in [0.5, 0.6) is 0 Å². The monoisotopic (exact) mass is 314 g/mol. The Morgan fingerprint density at radius 3 is 1.31 bits per heavy atom. The first-order valence-electron chi connectivity index (χ1n) is 3.67. The van der Waals surface area contributed by atoms with Gasteiger partial charge in [0.1, 0.15) is 11.6 Å². The molecule has 0 amide bonds. The largest absolute Gasteiger partial charge is 0.286 e. The van der Waals surface area contributed by atoms with Crippen LogP contribution in [0.1, 0.15) is 11.1 Å². The average Bonchev–Trinajstić information content (AvgIpc) is 1.97. The highest BCUT2D eigenvalue weighted by Gasteiger charge is 2.36. The molecule has 0 aliphatic rings. The summed E-state index contributed by atoms with van der Waals surface area (Å²) >= 11 is 19.9. The molecule has 8 heteroatoms. The lowest BCUT2D eigenvalue weighted by Gasteiger charge is -2.16. The fraction of sp³-hybridized carbons (Fsp3) is 0.250. The van der Waals surface area contributed by atoms with Crippen molar-refractivity contribution < 1.29 is 17.6 Å². The molecule has 1 rings (SSSR count). The van der Waals surface area contributed by atoms with Gasteiger partial charge in [-0.15, -0.1) is 0 Å². The van der Waals surface area contributed by atoms with E-state index in [9.17, 15) is 17.6 Å². The van der Waals surface area contributed by atoms with Gasteiger partial charge in [-0.2, -0.15) is 0 Å². The maximum atomic E-state index is 13.1. The normalized spacial score (nSPS) is 13.0. The molecule has 0 saturated heterocycles. The zero-order valence-corrected chi connectivity index (χ0v) is 10.2. The Morgan fingerprint density at radius 2 is 1.06 bits per heavy atom. The van der Waals surface area contributed by atoms with Crippen LogP contribution in [0.3, 0.4) is 0 Å². The molecule has 1 aromatic carbocycles. The molecule has 1 aromatic rings. The van der Waals surface area contributed by atoms with Crippen molar-refractivity contribution in [1.82, 2.24) is 0 Å². The fourth-order valence-corrected chi connectivity index (χ4v) is 1.56. The summed E-state index contributed by atoms with van der Waals surface area (Å²) in [6, 6.07) is 0.563. The van der Waals surface area contributed by atoms with Crippen LogP contribution in [0, 0.1) is 11.6 Å². The summed E-state index contributed by atoms with van der Waals surface area (Å²) in [7, 11) is 0. The van der Waals surface area contributed by atoms with Crippen LogP contribution < -0.4 is 0 Å². The van der Waals surface area contributed by atoms with E-state index in [4.69, 9.17) is 46.4 Å². The van der Waals surface area contributed by atoms with Gasteiger partial charge in [-0.05, 0) is 6.07 Å². The molecule has 0 aliphatic heterocycles. The van der Waals surface area contributed by atoms with Crippen molar-refractivity contribution in [3.63, 3.8) is 0 Å². The molecule has 0 bridgehead atoms. The minimum Gasteiger partial charge on any atom is -0.206 e. The SMILES string of the molecule is Fc1cc(F)c(C(F)(Cl)Cl)cc1C(F)(Cl)Cl. The zero-order chi connectivity index (χ0) is 12.7. The predicted molar refractivity (Wildman–Crippen MR) is 55.3 cm³/mol. The van der Waals surface area contributed by atoms with Gasteiger partial charge in [0, 0.05) is 6.07 Å². The Hall–Kier alpha value is 0.1000. The van der Waals surface area contributed by atoms with Gasteiger partial charge in [0.05, 0.1) is 11.1 Å². The van der Waals surface area contributed by atoms with Crippen LogP contribution in [0.25, 0.3) is 0 Å². The summed E-state index contributed by atoms with van der Waals surface area (Å²) in [4.78, 5) is 0. The van der Waals surface area contributed by atoms with Crippen LogP contribution in [-0.2, 0) is 9.17 Å². The third kappa shape index (κ3) is 3.06. The van der Waals surface area contributed by atoms with E-state index >= 15 is 0 Å². The van der Waals surface area contributed by atoms with Crippen molar-refractivity contribution in [3.05, 3.63) is 34.9 Å². The van der Waals surface area contributed by atoms with Crippen molar-refractivity contribution in [2.45, 2.75) is 9.17 Å². The molecule has 0 radical (unpaired) electrons. The molecule has 0 aromatic heterocycles. The molecule has 0 fully saturated rings. The van der Waals surface area contributed by atoms with Crippen molar-refractivity contribution in [2.75, 3.05) is 0 Å². The van der Waals surface area contributed by atoms with E-state index in [1.165, 1.54) is 0 Å². The number of halogens is 8. The van der Waals surface area contributed by atoms with Crippen molar-refractivity contribution >= 4 is 46.4 Å². The molecule has 0 saturated carbocycles. The van der Waals surface area contributed by atoms with E-state index in [0.717, 1.165) is 0 Å². The van der Waals surface area contributed by atoms with E-state index in [0.29, 0.717) is 6.07 Å². The minimum absolute atomic E-state index is 0.183. The van der Waals surface area contributed by atoms with Crippen LogP contribution in [0.2, 0.25) is 0 Å². The molecule has 0 N–H and O–H groups in total. The highest BCUT2D eigenvalue weighted by Crippen LogP contribution is 2.42. The molecule has 16 heavy (non-hydrogen) atoms. The second-order valence-electron chi connectivity index (χ2n) is 2.81. The fourth-order valence-electron chi connectivity index (χ4n) is 0.983. The Bertz CT molecular complexity index is 372. The number of benzene rings is 1. The van der Waals surface area contributed by atoms with E-state index in [2.05, 4.69) is 0 Å². The second-order valence-corrected chi connectivity index (χ2v) is 5.28. The topological polar surface area (TPSA) is 0 Å². The van der Waals surface area contributed by atoms with Crippen molar-refractivity contribution in [1.29, 1.82) is 0 Å². The summed E-state index contributed by atoms with van der Waals surface area (Å²) in [6.45, 7) is 0. The summed E-state index contributed by atoms with van der Waals surface area (Å²) in [5.74, 6) is -2.77. The molecule has 90 valence electrons. The van der Waals surface area contributed by atoms with E-state index in [1.807, 2.05) is 0 Å². The highest BCUT2D eigenvalue weighted by atomic mass is 35.5. The maximum Gasteiger partial charge on any atom is 0.286 e. The number of rotatable bonds is 2. The molecule has 0 heterocycles. The summed E-state index contributed by atoms with van der Waals surface area (Å²) in [6.07, 6.45) is 0. The van der Waals surface area contributed by atoms with Gasteiger partial charge < -0.3 is 0 Å². The Morgan fingerprint density at radius 1 is 0.750 bits per heavy atom. The number of hydrogen-bond acceptors (Lipinski definition) is 0. The van der Waals surface area contributed by atoms with E-state index < -0.39 is 31.9 Å². The smallest absolute Gasteiger partial charge is 0.206 e. The lowest BCUT2D eigenvalue weighted by atomic mass is 10.1.